The monoisotopic (exact) mass is 404 g/mol. The van der Waals surface area contributed by atoms with E-state index in [1.807, 2.05) is 19.9 Å². The van der Waals surface area contributed by atoms with Crippen molar-refractivity contribution >= 4 is 35.1 Å². The maximum absolute atomic E-state index is 12.6. The molecule has 1 aliphatic rings. The maximum atomic E-state index is 12.6. The number of aryl methyl sites for hydroxylation is 1. The minimum absolute atomic E-state index is 0.174. The first kappa shape index (κ1) is 20.0. The molecule has 2 amide bonds. The van der Waals surface area contributed by atoms with Gasteiger partial charge in [0.15, 0.2) is 0 Å². The predicted molar refractivity (Wildman–Crippen MR) is 112 cm³/mol. The van der Waals surface area contributed by atoms with Crippen LogP contribution in [0.2, 0.25) is 5.02 Å². The second-order valence-corrected chi connectivity index (χ2v) is 6.91. The van der Waals surface area contributed by atoms with E-state index in [1.165, 1.54) is 0 Å². The van der Waals surface area contributed by atoms with Gasteiger partial charge in [0.25, 0.3) is 0 Å². The van der Waals surface area contributed by atoms with Crippen molar-refractivity contribution in [2.45, 2.75) is 13.8 Å². The van der Waals surface area contributed by atoms with Gasteiger partial charge in [-0.05, 0) is 32.0 Å². The predicted octanol–water partition coefficient (Wildman–Crippen LogP) is 3.23. The van der Waals surface area contributed by atoms with E-state index in [0.717, 1.165) is 18.1 Å². The van der Waals surface area contributed by atoms with Crippen LogP contribution >= 0.6 is 11.6 Å². The van der Waals surface area contributed by atoms with Crippen molar-refractivity contribution in [3.05, 3.63) is 35.0 Å². The number of nitrogens with one attached hydrogen (secondary N) is 2. The Bertz CT molecular complexity index is 839. The number of piperazine rings is 1. The Morgan fingerprint density at radius 2 is 1.96 bits per heavy atom. The molecule has 150 valence electrons. The highest BCUT2D eigenvalue weighted by molar-refractivity contribution is 6.31. The number of nitrogens with zero attached hydrogens (tertiary/aromatic N) is 4. The van der Waals surface area contributed by atoms with Gasteiger partial charge in [0.2, 0.25) is 5.95 Å². The van der Waals surface area contributed by atoms with Gasteiger partial charge in [-0.2, -0.15) is 4.98 Å². The molecule has 0 saturated carbocycles. The number of aromatic nitrogens is 2. The Balaban J connectivity index is 1.62. The van der Waals surface area contributed by atoms with Gasteiger partial charge in [0, 0.05) is 49.5 Å². The molecule has 0 spiro atoms. The number of rotatable bonds is 5. The highest BCUT2D eigenvalue weighted by atomic mass is 35.5. The number of hydrogen-bond acceptors (Lipinski definition) is 6. The van der Waals surface area contributed by atoms with E-state index < -0.39 is 0 Å². The van der Waals surface area contributed by atoms with Gasteiger partial charge < -0.3 is 25.2 Å². The number of hydrogen-bond donors (Lipinski definition) is 2. The summed E-state index contributed by atoms with van der Waals surface area (Å²) < 4.78 is 5.29. The summed E-state index contributed by atoms with van der Waals surface area (Å²) in [7, 11) is 1.56. The highest BCUT2D eigenvalue weighted by Gasteiger charge is 2.23. The number of carbonyl (C=O) groups excluding carboxylic acids is 1. The van der Waals surface area contributed by atoms with Crippen LogP contribution in [0.5, 0.6) is 5.75 Å². The molecule has 0 atom stereocenters. The lowest BCUT2D eigenvalue weighted by Crippen LogP contribution is -2.50. The van der Waals surface area contributed by atoms with E-state index >= 15 is 0 Å². The smallest absolute Gasteiger partial charge is 0.322 e. The average molecular weight is 405 g/mol. The molecule has 0 unspecified atom stereocenters. The largest absolute Gasteiger partial charge is 0.495 e. The second kappa shape index (κ2) is 8.97. The zero-order valence-corrected chi connectivity index (χ0v) is 17.1. The third-order valence-corrected chi connectivity index (χ3v) is 4.70. The van der Waals surface area contributed by atoms with Crippen molar-refractivity contribution < 1.29 is 9.53 Å². The van der Waals surface area contributed by atoms with Gasteiger partial charge in [-0.25, -0.2) is 9.78 Å². The second-order valence-electron chi connectivity index (χ2n) is 6.47. The standard InChI is InChI=1S/C19H25ClN6O2/c1-4-21-18-22-13(2)11-17(24-18)25-7-9-26(10-8-25)19(27)23-15-12-14(20)5-6-16(15)28-3/h5-6,11-12H,4,7-10H2,1-3H3,(H,23,27)(H,21,22,24). The third-order valence-electron chi connectivity index (χ3n) is 4.47. The van der Waals surface area contributed by atoms with E-state index in [9.17, 15) is 4.79 Å². The first-order chi connectivity index (χ1) is 13.5. The van der Waals surface area contributed by atoms with E-state index in [4.69, 9.17) is 16.3 Å². The summed E-state index contributed by atoms with van der Waals surface area (Å²) in [6.07, 6.45) is 0. The first-order valence-electron chi connectivity index (χ1n) is 9.24. The minimum Gasteiger partial charge on any atom is -0.495 e. The van der Waals surface area contributed by atoms with Gasteiger partial charge >= 0.3 is 6.03 Å². The van der Waals surface area contributed by atoms with Crippen LogP contribution in [0.4, 0.5) is 22.2 Å². The number of carbonyl (C=O) groups is 1. The van der Waals surface area contributed by atoms with Crippen LogP contribution in [0.3, 0.4) is 0 Å². The highest BCUT2D eigenvalue weighted by Crippen LogP contribution is 2.28. The van der Waals surface area contributed by atoms with Crippen molar-refractivity contribution in [1.82, 2.24) is 14.9 Å². The summed E-state index contributed by atoms with van der Waals surface area (Å²) in [6.45, 7) is 7.31. The molecule has 0 aliphatic carbocycles. The number of amides is 2. The van der Waals surface area contributed by atoms with Crippen molar-refractivity contribution in [3.8, 4) is 5.75 Å². The van der Waals surface area contributed by atoms with Crippen LogP contribution in [-0.2, 0) is 0 Å². The number of benzene rings is 1. The lowest BCUT2D eigenvalue weighted by Gasteiger charge is -2.35. The topological polar surface area (TPSA) is 82.6 Å². The van der Waals surface area contributed by atoms with Gasteiger partial charge in [0.05, 0.1) is 12.8 Å². The molecule has 1 saturated heterocycles. The number of halogens is 1. The van der Waals surface area contributed by atoms with E-state index in [-0.39, 0.29) is 6.03 Å². The molecular weight excluding hydrogens is 380 g/mol. The van der Waals surface area contributed by atoms with Crippen LogP contribution < -0.4 is 20.3 Å². The molecule has 2 heterocycles. The van der Waals surface area contributed by atoms with Crippen LogP contribution in [-0.4, -0.2) is 60.7 Å². The van der Waals surface area contributed by atoms with Crippen LogP contribution in [0.1, 0.15) is 12.6 Å². The SMILES string of the molecule is CCNc1nc(C)cc(N2CCN(C(=O)Nc3cc(Cl)ccc3OC)CC2)n1. The Hall–Kier alpha value is -2.74. The Labute approximate surface area is 169 Å². The molecule has 0 radical (unpaired) electrons. The van der Waals surface area contributed by atoms with Crippen LogP contribution in [0.15, 0.2) is 24.3 Å². The molecule has 9 heteroatoms. The summed E-state index contributed by atoms with van der Waals surface area (Å²) in [5, 5.41) is 6.57. The zero-order valence-electron chi connectivity index (χ0n) is 16.3. The molecule has 0 bridgehead atoms. The molecule has 1 aromatic carbocycles. The van der Waals surface area contributed by atoms with Crippen molar-refractivity contribution in [3.63, 3.8) is 0 Å². The molecule has 8 nitrogen and oxygen atoms in total. The lowest BCUT2D eigenvalue weighted by molar-refractivity contribution is 0.208. The normalized spacial score (nSPS) is 14.0. The quantitative estimate of drug-likeness (QED) is 0.796. The average Bonchev–Trinajstić information content (AvgIpc) is 2.68. The summed E-state index contributed by atoms with van der Waals surface area (Å²) in [4.78, 5) is 25.5. The van der Waals surface area contributed by atoms with E-state index in [0.29, 0.717) is 48.6 Å². The number of ether oxygens (including phenoxy) is 1. The fourth-order valence-corrected chi connectivity index (χ4v) is 3.23. The lowest BCUT2D eigenvalue weighted by atomic mass is 10.3. The van der Waals surface area contributed by atoms with Crippen LogP contribution in [0.25, 0.3) is 0 Å². The van der Waals surface area contributed by atoms with Gasteiger partial charge in [0.1, 0.15) is 11.6 Å². The van der Waals surface area contributed by atoms with Crippen molar-refractivity contribution in [2.75, 3.05) is 55.4 Å². The molecule has 28 heavy (non-hydrogen) atoms. The van der Waals surface area contributed by atoms with Gasteiger partial charge in [-0.3, -0.25) is 0 Å². The van der Waals surface area contributed by atoms with Crippen molar-refractivity contribution in [2.24, 2.45) is 0 Å². The molecule has 1 aromatic heterocycles. The fraction of sp³-hybridized carbons (Fsp3) is 0.421. The number of urea groups is 1. The molecular formula is C19H25ClN6O2. The number of anilines is 3. The molecule has 2 aromatic rings. The summed E-state index contributed by atoms with van der Waals surface area (Å²) >= 11 is 6.03. The van der Waals surface area contributed by atoms with E-state index in [2.05, 4.69) is 25.5 Å². The number of methoxy groups -OCH3 is 1. The van der Waals surface area contributed by atoms with Gasteiger partial charge in [-0.15, -0.1) is 0 Å². The fourth-order valence-electron chi connectivity index (χ4n) is 3.06. The Kier molecular flexibility index (Phi) is 6.41. The third kappa shape index (κ3) is 4.75. The first-order valence-corrected chi connectivity index (χ1v) is 9.62. The van der Waals surface area contributed by atoms with Gasteiger partial charge in [-0.1, -0.05) is 11.6 Å². The molecule has 1 aliphatic heterocycles. The van der Waals surface area contributed by atoms with Crippen LogP contribution in [0, 0.1) is 6.92 Å². The summed E-state index contributed by atoms with van der Waals surface area (Å²) in [5.41, 5.74) is 1.47. The maximum Gasteiger partial charge on any atom is 0.322 e. The molecule has 1 fully saturated rings. The van der Waals surface area contributed by atoms with Crippen molar-refractivity contribution in [1.29, 1.82) is 0 Å². The molecule has 2 N–H and O–H groups in total. The summed E-state index contributed by atoms with van der Waals surface area (Å²) in [6, 6.07) is 6.93. The Morgan fingerprint density at radius 3 is 2.64 bits per heavy atom. The zero-order chi connectivity index (χ0) is 20.1. The Morgan fingerprint density at radius 1 is 1.21 bits per heavy atom. The summed E-state index contributed by atoms with van der Waals surface area (Å²) in [5.74, 6) is 2.08. The molecule has 3 rings (SSSR count). The minimum atomic E-state index is -0.174. The van der Waals surface area contributed by atoms with E-state index in [1.54, 1.807) is 30.2 Å².